The van der Waals surface area contributed by atoms with Crippen molar-refractivity contribution in [2.75, 3.05) is 0 Å². The summed E-state index contributed by atoms with van der Waals surface area (Å²) in [4.78, 5) is 12.4. The molecule has 0 aliphatic rings. The molecule has 1 amide bonds. The number of benzene rings is 1. The molecule has 20 heavy (non-hydrogen) atoms. The van der Waals surface area contributed by atoms with Crippen LogP contribution in [0.4, 0.5) is 0 Å². The second-order valence-corrected chi connectivity index (χ2v) is 5.05. The summed E-state index contributed by atoms with van der Waals surface area (Å²) in [6, 6.07) is 5.64. The summed E-state index contributed by atoms with van der Waals surface area (Å²) >= 11 is 0. The molecule has 1 aromatic rings. The van der Waals surface area contributed by atoms with E-state index in [0.717, 1.165) is 11.1 Å². The Labute approximate surface area is 119 Å². The van der Waals surface area contributed by atoms with Crippen molar-refractivity contribution in [1.82, 2.24) is 5.32 Å². The fourth-order valence-electron chi connectivity index (χ4n) is 2.30. The summed E-state index contributed by atoms with van der Waals surface area (Å²) in [5, 5.41) is 14.9. The quantitative estimate of drug-likeness (QED) is 0.334. The largest absolute Gasteiger partial charge is 0.409 e. The highest BCUT2D eigenvalue weighted by molar-refractivity contribution is 6.01. The van der Waals surface area contributed by atoms with E-state index in [1.165, 1.54) is 0 Å². The van der Waals surface area contributed by atoms with Crippen LogP contribution in [0, 0.1) is 13.8 Å². The molecule has 0 aliphatic carbocycles. The topological polar surface area (TPSA) is 87.7 Å². The zero-order valence-corrected chi connectivity index (χ0v) is 12.5. The Bertz CT molecular complexity index is 520. The molecule has 5 nitrogen and oxygen atoms in total. The molecule has 0 atom stereocenters. The van der Waals surface area contributed by atoms with E-state index in [2.05, 4.69) is 10.5 Å². The van der Waals surface area contributed by atoms with E-state index >= 15 is 0 Å². The maximum Gasteiger partial charge on any atom is 0.252 e. The Hall–Kier alpha value is -2.04. The predicted molar refractivity (Wildman–Crippen MR) is 80.1 cm³/mol. The maximum absolute atomic E-state index is 12.4. The molecule has 5 heteroatoms. The molecule has 0 saturated carbocycles. The molecule has 0 saturated heterocycles. The van der Waals surface area contributed by atoms with E-state index in [1.807, 2.05) is 39.8 Å². The van der Waals surface area contributed by atoms with Crippen molar-refractivity contribution in [3.8, 4) is 0 Å². The number of oxime groups is 1. The summed E-state index contributed by atoms with van der Waals surface area (Å²) < 4.78 is 0. The number of carbonyl (C=O) groups is 1. The Kier molecular flexibility index (Phi) is 5.13. The van der Waals surface area contributed by atoms with Crippen LogP contribution >= 0.6 is 0 Å². The lowest BCUT2D eigenvalue weighted by Crippen LogP contribution is -2.57. The van der Waals surface area contributed by atoms with Gasteiger partial charge in [0.05, 0.1) is 0 Å². The minimum absolute atomic E-state index is 0.0283. The number of aryl methyl sites for hydroxylation is 2. The summed E-state index contributed by atoms with van der Waals surface area (Å²) in [5.41, 5.74) is 7.55. The third-order valence-corrected chi connectivity index (χ3v) is 3.78. The molecule has 1 rings (SSSR count). The van der Waals surface area contributed by atoms with E-state index in [1.54, 1.807) is 6.07 Å². The average molecular weight is 277 g/mol. The molecule has 4 N–H and O–H groups in total. The summed E-state index contributed by atoms with van der Waals surface area (Å²) in [6.07, 6.45) is 1.10. The number of nitrogens with zero attached hydrogens (tertiary/aromatic N) is 1. The first-order valence-electron chi connectivity index (χ1n) is 6.78. The SMILES string of the molecule is CCC(CC)(NC(=O)c1ccc(C)cc1C)/C(N)=N/O. The zero-order chi connectivity index (χ0) is 15.3. The zero-order valence-electron chi connectivity index (χ0n) is 12.5. The Morgan fingerprint density at radius 3 is 2.40 bits per heavy atom. The Morgan fingerprint density at radius 1 is 1.35 bits per heavy atom. The van der Waals surface area contributed by atoms with Gasteiger partial charge in [0.15, 0.2) is 5.84 Å². The number of rotatable bonds is 5. The van der Waals surface area contributed by atoms with Crippen molar-refractivity contribution in [3.05, 3.63) is 34.9 Å². The van der Waals surface area contributed by atoms with Gasteiger partial charge in [0.2, 0.25) is 0 Å². The third-order valence-electron chi connectivity index (χ3n) is 3.78. The van der Waals surface area contributed by atoms with Gasteiger partial charge in [0.1, 0.15) is 5.54 Å². The third kappa shape index (κ3) is 3.10. The van der Waals surface area contributed by atoms with Gasteiger partial charge in [-0.25, -0.2) is 0 Å². The molecule has 0 aromatic heterocycles. The molecule has 0 fully saturated rings. The second kappa shape index (κ2) is 6.41. The van der Waals surface area contributed by atoms with Gasteiger partial charge in [0.25, 0.3) is 5.91 Å². The summed E-state index contributed by atoms with van der Waals surface area (Å²) in [5.74, 6) is -0.182. The van der Waals surface area contributed by atoms with Gasteiger partial charge < -0.3 is 16.3 Å². The van der Waals surface area contributed by atoms with E-state index in [9.17, 15) is 4.79 Å². The number of nitrogens with one attached hydrogen (secondary N) is 1. The molecule has 1 aromatic carbocycles. The summed E-state index contributed by atoms with van der Waals surface area (Å²) in [6.45, 7) is 7.66. The van der Waals surface area contributed by atoms with Crippen molar-refractivity contribution in [1.29, 1.82) is 0 Å². The lowest BCUT2D eigenvalue weighted by atomic mass is 9.90. The van der Waals surface area contributed by atoms with Gasteiger partial charge in [0, 0.05) is 5.56 Å². The van der Waals surface area contributed by atoms with Crippen LogP contribution in [0.3, 0.4) is 0 Å². The van der Waals surface area contributed by atoms with Crippen LogP contribution in [0.5, 0.6) is 0 Å². The number of amidine groups is 1. The van der Waals surface area contributed by atoms with E-state index in [-0.39, 0.29) is 11.7 Å². The van der Waals surface area contributed by atoms with Gasteiger partial charge in [-0.1, -0.05) is 36.7 Å². The van der Waals surface area contributed by atoms with Crippen LogP contribution in [0.15, 0.2) is 23.4 Å². The molecular weight excluding hydrogens is 254 g/mol. The molecular formula is C15H23N3O2. The minimum Gasteiger partial charge on any atom is -0.409 e. The highest BCUT2D eigenvalue weighted by atomic mass is 16.4. The molecule has 0 aliphatic heterocycles. The Morgan fingerprint density at radius 2 is 1.95 bits per heavy atom. The van der Waals surface area contributed by atoms with Crippen LogP contribution in [-0.4, -0.2) is 22.5 Å². The van der Waals surface area contributed by atoms with E-state index in [4.69, 9.17) is 10.9 Å². The van der Waals surface area contributed by atoms with Crippen LogP contribution in [0.25, 0.3) is 0 Å². The van der Waals surface area contributed by atoms with Crippen LogP contribution < -0.4 is 11.1 Å². The van der Waals surface area contributed by atoms with Gasteiger partial charge >= 0.3 is 0 Å². The van der Waals surface area contributed by atoms with E-state index < -0.39 is 5.54 Å². The van der Waals surface area contributed by atoms with Gasteiger partial charge in [-0.05, 0) is 38.3 Å². The van der Waals surface area contributed by atoms with Crippen molar-refractivity contribution in [3.63, 3.8) is 0 Å². The molecule has 0 spiro atoms. The minimum atomic E-state index is -0.816. The first kappa shape index (κ1) is 16.0. The van der Waals surface area contributed by atoms with Crippen molar-refractivity contribution in [2.45, 2.75) is 46.1 Å². The number of hydrogen-bond acceptors (Lipinski definition) is 3. The van der Waals surface area contributed by atoms with Crippen molar-refractivity contribution >= 4 is 11.7 Å². The number of hydrogen-bond donors (Lipinski definition) is 3. The second-order valence-electron chi connectivity index (χ2n) is 5.05. The Balaban J connectivity index is 3.09. The van der Waals surface area contributed by atoms with Crippen molar-refractivity contribution < 1.29 is 10.0 Å². The first-order valence-corrected chi connectivity index (χ1v) is 6.78. The highest BCUT2D eigenvalue weighted by Gasteiger charge is 2.33. The molecule has 0 unspecified atom stereocenters. The fraction of sp³-hybridized carbons (Fsp3) is 0.467. The lowest BCUT2D eigenvalue weighted by molar-refractivity contribution is 0.0917. The van der Waals surface area contributed by atoms with Crippen LogP contribution in [0.1, 0.15) is 48.2 Å². The molecule has 0 radical (unpaired) electrons. The maximum atomic E-state index is 12.4. The molecule has 0 bridgehead atoms. The van der Waals surface area contributed by atoms with Gasteiger partial charge in [-0.15, -0.1) is 0 Å². The highest BCUT2D eigenvalue weighted by Crippen LogP contribution is 2.18. The molecule has 110 valence electrons. The average Bonchev–Trinajstić information content (AvgIpc) is 2.43. The van der Waals surface area contributed by atoms with Crippen LogP contribution in [0.2, 0.25) is 0 Å². The smallest absolute Gasteiger partial charge is 0.252 e. The normalized spacial score (nSPS) is 12.3. The monoisotopic (exact) mass is 277 g/mol. The lowest BCUT2D eigenvalue weighted by Gasteiger charge is -2.31. The molecule has 0 heterocycles. The standard InChI is InChI=1S/C15H23N3O2/c1-5-15(6-2,14(16)18-20)17-13(19)12-8-7-10(3)9-11(12)4/h7-9,20H,5-6H2,1-4H3,(H2,16,18)(H,17,19). The number of nitrogens with two attached hydrogens (primary N) is 1. The van der Waals surface area contributed by atoms with E-state index in [0.29, 0.717) is 18.4 Å². The van der Waals surface area contributed by atoms with Crippen molar-refractivity contribution in [2.24, 2.45) is 10.9 Å². The van der Waals surface area contributed by atoms with Gasteiger partial charge in [-0.3, -0.25) is 4.79 Å². The first-order chi connectivity index (χ1) is 9.40. The summed E-state index contributed by atoms with van der Waals surface area (Å²) in [7, 11) is 0. The fourth-order valence-corrected chi connectivity index (χ4v) is 2.30. The van der Waals surface area contributed by atoms with Crippen LogP contribution in [-0.2, 0) is 0 Å². The van der Waals surface area contributed by atoms with Gasteiger partial charge in [-0.2, -0.15) is 0 Å². The number of carbonyl (C=O) groups excluding carboxylic acids is 1. The predicted octanol–water partition coefficient (Wildman–Crippen LogP) is 2.34. The number of amides is 1.